The molecule has 7 heteroatoms. The van der Waals surface area contributed by atoms with E-state index >= 15 is 0 Å². The Kier molecular flexibility index (Phi) is 2.92. The van der Waals surface area contributed by atoms with Crippen molar-refractivity contribution in [3.05, 3.63) is 35.6 Å². The molecule has 0 aliphatic rings. The van der Waals surface area contributed by atoms with Crippen LogP contribution in [0.3, 0.4) is 0 Å². The van der Waals surface area contributed by atoms with Crippen LogP contribution in [0.1, 0.15) is 5.01 Å². The molecule has 0 aliphatic heterocycles. The van der Waals surface area contributed by atoms with Gasteiger partial charge in [-0.3, -0.25) is 8.78 Å². The van der Waals surface area contributed by atoms with Crippen LogP contribution in [-0.2, 0) is 17.3 Å². The van der Waals surface area contributed by atoms with Gasteiger partial charge in [0, 0.05) is 6.26 Å². The van der Waals surface area contributed by atoms with Crippen LogP contribution < -0.4 is 0 Å². The second kappa shape index (κ2) is 4.58. The zero-order valence-electron chi connectivity index (χ0n) is 9.61. The molecular weight excluding hydrogens is 268 g/mol. The Morgan fingerprint density at radius 3 is 3.00 bits per heavy atom. The maximum atomic E-state index is 11.5. The van der Waals surface area contributed by atoms with Crippen molar-refractivity contribution >= 4 is 32.4 Å². The molecule has 0 saturated heterocycles. The minimum atomic E-state index is -1.13. The first-order valence-corrected chi connectivity index (χ1v) is 7.67. The summed E-state index contributed by atoms with van der Waals surface area (Å²) in [4.78, 5) is 4.53. The molecule has 92 valence electrons. The topological polar surface area (TPSA) is 60.7 Å². The molecule has 18 heavy (non-hydrogen) atoms. The summed E-state index contributed by atoms with van der Waals surface area (Å²) in [6.45, 7) is 0.557. The van der Waals surface area contributed by atoms with E-state index in [2.05, 4.69) is 15.2 Å². The lowest BCUT2D eigenvalue weighted by atomic mass is 10.3. The first kappa shape index (κ1) is 11.5. The average molecular weight is 278 g/mol. The van der Waals surface area contributed by atoms with E-state index in [0.717, 1.165) is 15.2 Å². The number of fused-ring (bicyclic) bond motifs is 1. The molecule has 3 aromatic rings. The SMILES string of the molecule is C[S@@](=O)c1nncn1Cc1nc2ccccc2s1. The van der Waals surface area contributed by atoms with Crippen LogP contribution in [0.4, 0.5) is 0 Å². The maximum absolute atomic E-state index is 11.5. The van der Waals surface area contributed by atoms with Gasteiger partial charge < -0.3 is 0 Å². The molecule has 0 aliphatic carbocycles. The van der Waals surface area contributed by atoms with Crippen LogP contribution in [0, 0.1) is 0 Å². The third kappa shape index (κ3) is 2.06. The Balaban J connectivity index is 1.96. The molecular formula is C11H10N4OS2. The number of rotatable bonds is 3. The van der Waals surface area contributed by atoms with E-state index in [0.29, 0.717) is 11.7 Å². The standard InChI is InChI=1S/C11H10N4OS2/c1-18(16)11-14-12-7-15(11)6-10-13-8-4-2-3-5-9(8)17-10/h2-5,7H,6H2,1H3/t18-/m1/s1. The van der Waals surface area contributed by atoms with Crippen molar-refractivity contribution in [2.75, 3.05) is 6.26 Å². The molecule has 2 heterocycles. The highest BCUT2D eigenvalue weighted by molar-refractivity contribution is 7.84. The Morgan fingerprint density at radius 1 is 1.39 bits per heavy atom. The fraction of sp³-hybridized carbons (Fsp3) is 0.182. The molecule has 1 aromatic carbocycles. The van der Waals surface area contributed by atoms with Gasteiger partial charge in [0.15, 0.2) is 0 Å². The fourth-order valence-corrected chi connectivity index (χ4v) is 3.28. The summed E-state index contributed by atoms with van der Waals surface area (Å²) in [5, 5.41) is 9.09. The van der Waals surface area contributed by atoms with E-state index in [4.69, 9.17) is 0 Å². The van der Waals surface area contributed by atoms with Crippen molar-refractivity contribution < 1.29 is 4.21 Å². The largest absolute Gasteiger partial charge is 0.300 e. The van der Waals surface area contributed by atoms with Crippen molar-refractivity contribution in [2.45, 2.75) is 11.7 Å². The normalized spacial score (nSPS) is 12.9. The molecule has 5 nitrogen and oxygen atoms in total. The van der Waals surface area contributed by atoms with E-state index < -0.39 is 10.8 Å². The minimum absolute atomic E-state index is 0.481. The number of benzene rings is 1. The van der Waals surface area contributed by atoms with Crippen LogP contribution in [-0.4, -0.2) is 30.2 Å². The van der Waals surface area contributed by atoms with Crippen LogP contribution in [0.5, 0.6) is 0 Å². The lowest BCUT2D eigenvalue weighted by molar-refractivity contribution is 0.652. The molecule has 0 amide bonds. The summed E-state index contributed by atoms with van der Waals surface area (Å²) >= 11 is 1.63. The van der Waals surface area contributed by atoms with Gasteiger partial charge >= 0.3 is 0 Å². The van der Waals surface area contributed by atoms with Crippen LogP contribution in [0.2, 0.25) is 0 Å². The summed E-state index contributed by atoms with van der Waals surface area (Å²) < 4.78 is 14.4. The van der Waals surface area contributed by atoms with E-state index in [9.17, 15) is 4.21 Å². The van der Waals surface area contributed by atoms with Gasteiger partial charge in [0.05, 0.1) is 27.6 Å². The predicted octanol–water partition coefficient (Wildman–Crippen LogP) is 1.67. The molecule has 0 radical (unpaired) electrons. The van der Waals surface area contributed by atoms with Gasteiger partial charge in [-0.25, -0.2) is 4.98 Å². The highest BCUT2D eigenvalue weighted by atomic mass is 32.2. The van der Waals surface area contributed by atoms with Crippen molar-refractivity contribution in [1.82, 2.24) is 19.7 Å². The van der Waals surface area contributed by atoms with Gasteiger partial charge in [-0.15, -0.1) is 21.5 Å². The first-order chi connectivity index (χ1) is 8.74. The molecule has 3 rings (SSSR count). The Bertz CT molecular complexity index is 685. The van der Waals surface area contributed by atoms with E-state index in [1.165, 1.54) is 0 Å². The van der Waals surface area contributed by atoms with E-state index in [1.807, 2.05) is 24.3 Å². The Labute approximate surface area is 110 Å². The number of hydrogen-bond acceptors (Lipinski definition) is 5. The molecule has 0 bridgehead atoms. The van der Waals surface area contributed by atoms with Gasteiger partial charge in [0.25, 0.3) is 0 Å². The van der Waals surface area contributed by atoms with E-state index in [1.54, 1.807) is 28.5 Å². The molecule has 0 saturated carbocycles. The number of para-hydroxylation sites is 1. The Hall–Kier alpha value is -1.60. The van der Waals surface area contributed by atoms with Crippen molar-refractivity contribution in [2.24, 2.45) is 0 Å². The van der Waals surface area contributed by atoms with Crippen LogP contribution in [0.15, 0.2) is 35.7 Å². The summed E-state index contributed by atoms with van der Waals surface area (Å²) in [6.07, 6.45) is 3.18. The van der Waals surface area contributed by atoms with Crippen molar-refractivity contribution in [1.29, 1.82) is 0 Å². The number of thiazole rings is 1. The van der Waals surface area contributed by atoms with Gasteiger partial charge in [0.2, 0.25) is 5.16 Å². The van der Waals surface area contributed by atoms with E-state index in [-0.39, 0.29) is 0 Å². The lowest BCUT2D eigenvalue weighted by Gasteiger charge is -2.00. The summed E-state index contributed by atoms with van der Waals surface area (Å²) in [5.74, 6) is 0. The van der Waals surface area contributed by atoms with Crippen molar-refractivity contribution in [3.8, 4) is 0 Å². The molecule has 0 spiro atoms. The average Bonchev–Trinajstić information content (AvgIpc) is 2.94. The molecule has 0 N–H and O–H groups in total. The second-order valence-corrected chi connectivity index (χ2v) is 6.16. The minimum Gasteiger partial charge on any atom is -0.300 e. The smallest absolute Gasteiger partial charge is 0.221 e. The van der Waals surface area contributed by atoms with Gasteiger partial charge in [-0.2, -0.15) is 0 Å². The summed E-state index contributed by atoms with van der Waals surface area (Å²) in [7, 11) is -1.13. The van der Waals surface area contributed by atoms with Crippen molar-refractivity contribution in [3.63, 3.8) is 0 Å². The van der Waals surface area contributed by atoms with Gasteiger partial charge in [0.1, 0.15) is 11.3 Å². The molecule has 0 unspecified atom stereocenters. The molecule has 2 aromatic heterocycles. The number of aromatic nitrogens is 4. The quantitative estimate of drug-likeness (QED) is 0.731. The zero-order chi connectivity index (χ0) is 12.5. The highest BCUT2D eigenvalue weighted by Gasteiger charge is 2.10. The zero-order valence-corrected chi connectivity index (χ0v) is 11.2. The third-order valence-electron chi connectivity index (χ3n) is 2.48. The molecule has 1 atom stereocenters. The monoisotopic (exact) mass is 278 g/mol. The predicted molar refractivity (Wildman–Crippen MR) is 71.1 cm³/mol. The maximum Gasteiger partial charge on any atom is 0.221 e. The van der Waals surface area contributed by atoms with Crippen LogP contribution >= 0.6 is 11.3 Å². The van der Waals surface area contributed by atoms with Crippen LogP contribution in [0.25, 0.3) is 10.2 Å². The third-order valence-corrected chi connectivity index (χ3v) is 4.33. The van der Waals surface area contributed by atoms with Gasteiger partial charge in [-0.05, 0) is 12.1 Å². The fourth-order valence-electron chi connectivity index (χ4n) is 1.71. The Morgan fingerprint density at radius 2 is 2.22 bits per heavy atom. The molecule has 0 fully saturated rings. The van der Waals surface area contributed by atoms with Gasteiger partial charge in [-0.1, -0.05) is 12.1 Å². The number of nitrogens with zero attached hydrogens (tertiary/aromatic N) is 4. The lowest BCUT2D eigenvalue weighted by Crippen LogP contribution is -2.04. The number of hydrogen-bond donors (Lipinski definition) is 0. The summed E-state index contributed by atoms with van der Waals surface area (Å²) in [5.41, 5.74) is 0.991. The first-order valence-electron chi connectivity index (χ1n) is 5.30. The summed E-state index contributed by atoms with van der Waals surface area (Å²) in [6, 6.07) is 7.99. The highest BCUT2D eigenvalue weighted by Crippen LogP contribution is 2.22. The second-order valence-electron chi connectivity index (χ2n) is 3.77.